The molecule has 2 rings (SSSR count). The van der Waals surface area contributed by atoms with E-state index >= 15 is 0 Å². The summed E-state index contributed by atoms with van der Waals surface area (Å²) in [6, 6.07) is 5.47. The third-order valence-corrected chi connectivity index (χ3v) is 3.99. The quantitative estimate of drug-likeness (QED) is 0.776. The molecule has 1 saturated heterocycles. The number of benzene rings is 1. The normalized spacial score (nSPS) is 15.4. The van der Waals surface area contributed by atoms with Crippen LogP contribution in [0.15, 0.2) is 24.3 Å². The molecule has 5 nitrogen and oxygen atoms in total. The van der Waals surface area contributed by atoms with Crippen LogP contribution in [0.5, 0.6) is 11.5 Å². The molecule has 0 spiro atoms. The maximum absolute atomic E-state index is 10.6. The van der Waals surface area contributed by atoms with Crippen molar-refractivity contribution in [3.05, 3.63) is 35.4 Å². The van der Waals surface area contributed by atoms with Gasteiger partial charge in [0, 0.05) is 37.8 Å². The molecule has 0 saturated carbocycles. The van der Waals surface area contributed by atoms with E-state index in [4.69, 9.17) is 4.74 Å². The molecule has 0 unspecified atom stereocenters. The highest BCUT2D eigenvalue weighted by Gasteiger charge is 2.28. The number of phenols is 1. The van der Waals surface area contributed by atoms with E-state index in [0.717, 1.165) is 31.8 Å². The highest BCUT2D eigenvalue weighted by molar-refractivity contribution is 5.85. The number of nitrogens with zero attached hydrogens (tertiary/aromatic N) is 2. The molecule has 1 aliphatic heterocycles. The van der Waals surface area contributed by atoms with Crippen LogP contribution in [0.4, 0.5) is 0 Å². The Hall–Kier alpha value is -1.45. The zero-order chi connectivity index (χ0) is 16.1. The third-order valence-electron chi connectivity index (χ3n) is 3.99. The fraction of sp³-hybridized carbons (Fsp3) is 0.471. The Bertz CT molecular complexity index is 596. The summed E-state index contributed by atoms with van der Waals surface area (Å²) in [6.07, 6.45) is 0.704. The first-order chi connectivity index (χ1) is 10.6. The molecule has 0 amide bonds. The summed E-state index contributed by atoms with van der Waals surface area (Å²) in [7, 11) is 1.52. The van der Waals surface area contributed by atoms with E-state index in [2.05, 4.69) is 22.9 Å². The lowest BCUT2D eigenvalue weighted by Gasteiger charge is -2.36. The number of nitriles is 1. The average molecular weight is 374 g/mol. The summed E-state index contributed by atoms with van der Waals surface area (Å²) in [5.41, 5.74) is 2.16. The van der Waals surface area contributed by atoms with Gasteiger partial charge in [0.05, 0.1) is 18.7 Å². The zero-order valence-corrected chi connectivity index (χ0v) is 15.7. The molecule has 1 aliphatic rings. The molecule has 134 valence electrons. The van der Waals surface area contributed by atoms with Crippen molar-refractivity contribution in [3.8, 4) is 17.6 Å². The number of aromatic hydroxyl groups is 1. The van der Waals surface area contributed by atoms with Crippen molar-refractivity contribution in [1.82, 2.24) is 10.2 Å². The molecular formula is C17H25Cl2N3O2. The number of hydrogen-bond acceptors (Lipinski definition) is 5. The second kappa shape index (κ2) is 10.4. The molecular weight excluding hydrogens is 349 g/mol. The Morgan fingerprint density at radius 3 is 2.54 bits per heavy atom. The number of nitrogens with one attached hydrogen (secondary N) is 1. The van der Waals surface area contributed by atoms with Crippen LogP contribution in [-0.4, -0.2) is 43.3 Å². The fourth-order valence-corrected chi connectivity index (χ4v) is 2.93. The average Bonchev–Trinajstić information content (AvgIpc) is 2.53. The largest absolute Gasteiger partial charge is 0.504 e. The van der Waals surface area contributed by atoms with Gasteiger partial charge >= 0.3 is 0 Å². The van der Waals surface area contributed by atoms with Gasteiger partial charge in [-0.05, 0) is 25.5 Å². The second-order valence-corrected chi connectivity index (χ2v) is 5.65. The zero-order valence-electron chi connectivity index (χ0n) is 14.0. The summed E-state index contributed by atoms with van der Waals surface area (Å²) in [5, 5.41) is 23.3. The molecule has 0 aromatic heterocycles. The molecule has 1 fully saturated rings. The van der Waals surface area contributed by atoms with E-state index in [9.17, 15) is 10.4 Å². The van der Waals surface area contributed by atoms with Crippen LogP contribution in [0.2, 0.25) is 0 Å². The molecule has 24 heavy (non-hydrogen) atoms. The molecule has 0 aliphatic carbocycles. The minimum absolute atomic E-state index is 0. The molecule has 1 aromatic rings. The van der Waals surface area contributed by atoms with E-state index in [1.54, 1.807) is 12.1 Å². The lowest BCUT2D eigenvalue weighted by molar-refractivity contribution is 0.169. The molecule has 0 radical (unpaired) electrons. The van der Waals surface area contributed by atoms with Crippen molar-refractivity contribution in [3.63, 3.8) is 0 Å². The predicted molar refractivity (Wildman–Crippen MR) is 100 cm³/mol. The second-order valence-electron chi connectivity index (χ2n) is 5.65. The standard InChI is InChI=1S/C17H23N3O2.2ClH/c1-12(2)10-14(20-8-6-19-7-9-20)16-13(11-18)4-5-15(22-3)17(16)21;;/h4-5,14,19,21H,1,6-10H2,2-3H3;2*1H/t14-;;/m1../s1. The van der Waals surface area contributed by atoms with Gasteiger partial charge < -0.3 is 15.2 Å². The number of halogens is 2. The lowest BCUT2D eigenvalue weighted by Crippen LogP contribution is -2.45. The predicted octanol–water partition coefficient (Wildman–Crippen LogP) is 3.03. The summed E-state index contributed by atoms with van der Waals surface area (Å²) in [5.74, 6) is 0.460. The smallest absolute Gasteiger partial charge is 0.163 e. The Kier molecular flexibility index (Phi) is 9.79. The van der Waals surface area contributed by atoms with Gasteiger partial charge in [-0.1, -0.05) is 5.57 Å². The van der Waals surface area contributed by atoms with Crippen LogP contribution in [0.1, 0.15) is 30.5 Å². The highest BCUT2D eigenvalue weighted by Crippen LogP contribution is 2.40. The van der Waals surface area contributed by atoms with Gasteiger partial charge in [0.25, 0.3) is 0 Å². The van der Waals surface area contributed by atoms with E-state index in [1.165, 1.54) is 7.11 Å². The number of hydrogen-bond donors (Lipinski definition) is 2. The van der Waals surface area contributed by atoms with Crippen molar-refractivity contribution < 1.29 is 9.84 Å². The van der Waals surface area contributed by atoms with E-state index in [-0.39, 0.29) is 36.6 Å². The molecule has 0 bridgehead atoms. The van der Waals surface area contributed by atoms with Gasteiger partial charge in [0.2, 0.25) is 0 Å². The minimum Gasteiger partial charge on any atom is -0.504 e. The summed E-state index contributed by atoms with van der Waals surface area (Å²) in [6.45, 7) is 9.53. The number of methoxy groups -OCH3 is 1. The van der Waals surface area contributed by atoms with Crippen LogP contribution in [0.25, 0.3) is 0 Å². The monoisotopic (exact) mass is 373 g/mol. The van der Waals surface area contributed by atoms with Gasteiger partial charge in [-0.3, -0.25) is 4.90 Å². The van der Waals surface area contributed by atoms with Crippen LogP contribution in [0, 0.1) is 11.3 Å². The minimum atomic E-state index is -0.0654. The number of rotatable bonds is 5. The molecule has 1 aromatic carbocycles. The molecule has 2 N–H and O–H groups in total. The Morgan fingerprint density at radius 1 is 1.42 bits per heavy atom. The number of phenolic OH excluding ortho intramolecular Hbond substituents is 1. The Morgan fingerprint density at radius 2 is 2.04 bits per heavy atom. The summed E-state index contributed by atoms with van der Waals surface area (Å²) >= 11 is 0. The molecule has 7 heteroatoms. The lowest BCUT2D eigenvalue weighted by atomic mass is 9.93. The van der Waals surface area contributed by atoms with Crippen LogP contribution >= 0.6 is 24.8 Å². The van der Waals surface area contributed by atoms with Gasteiger partial charge in [-0.25, -0.2) is 0 Å². The first-order valence-corrected chi connectivity index (χ1v) is 7.47. The summed E-state index contributed by atoms with van der Waals surface area (Å²) in [4.78, 5) is 2.29. The van der Waals surface area contributed by atoms with Gasteiger partial charge in [0.15, 0.2) is 11.5 Å². The number of piperazine rings is 1. The molecule has 1 heterocycles. The fourth-order valence-electron chi connectivity index (χ4n) is 2.93. The van der Waals surface area contributed by atoms with Crippen LogP contribution in [-0.2, 0) is 0 Å². The summed E-state index contributed by atoms with van der Waals surface area (Å²) < 4.78 is 5.21. The van der Waals surface area contributed by atoms with Crippen molar-refractivity contribution in [2.75, 3.05) is 33.3 Å². The van der Waals surface area contributed by atoms with Gasteiger partial charge in [0.1, 0.15) is 0 Å². The van der Waals surface area contributed by atoms with E-state index < -0.39 is 0 Å². The van der Waals surface area contributed by atoms with E-state index in [0.29, 0.717) is 23.3 Å². The topological polar surface area (TPSA) is 68.5 Å². The van der Waals surface area contributed by atoms with Crippen LogP contribution in [0.3, 0.4) is 0 Å². The van der Waals surface area contributed by atoms with Crippen LogP contribution < -0.4 is 10.1 Å². The number of ether oxygens (including phenoxy) is 1. The van der Waals surface area contributed by atoms with Crippen molar-refractivity contribution in [1.29, 1.82) is 5.26 Å². The Balaban J connectivity index is 0.00000264. The first-order valence-electron chi connectivity index (χ1n) is 7.47. The molecule has 1 atom stereocenters. The van der Waals surface area contributed by atoms with E-state index in [1.807, 2.05) is 6.92 Å². The first kappa shape index (κ1) is 22.6. The SMILES string of the molecule is C=C(C)C[C@H](c1c(C#N)ccc(OC)c1O)N1CCNCC1.Cl.Cl. The maximum atomic E-state index is 10.6. The van der Waals surface area contributed by atoms with Crippen molar-refractivity contribution >= 4 is 24.8 Å². The van der Waals surface area contributed by atoms with Gasteiger partial charge in [-0.15, -0.1) is 31.4 Å². The maximum Gasteiger partial charge on any atom is 0.163 e. The highest BCUT2D eigenvalue weighted by atomic mass is 35.5. The Labute approximate surface area is 156 Å². The van der Waals surface area contributed by atoms with Crippen molar-refractivity contribution in [2.24, 2.45) is 0 Å². The third kappa shape index (κ3) is 5.02. The van der Waals surface area contributed by atoms with Crippen molar-refractivity contribution in [2.45, 2.75) is 19.4 Å². The van der Waals surface area contributed by atoms with Gasteiger partial charge in [-0.2, -0.15) is 5.26 Å².